The molecule has 2 aliphatic carbocycles. The highest BCUT2D eigenvalue weighted by Crippen LogP contribution is 2.53. The number of amides is 1. The van der Waals surface area contributed by atoms with E-state index in [0.29, 0.717) is 12.1 Å². The molecule has 1 amide bonds. The minimum atomic E-state index is 0.0341. The first-order valence-corrected chi connectivity index (χ1v) is 8.20. The molecule has 4 nitrogen and oxygen atoms in total. The second-order valence-electron chi connectivity index (χ2n) is 6.49. The van der Waals surface area contributed by atoms with E-state index in [1.165, 1.54) is 32.1 Å². The Kier molecular flexibility index (Phi) is 5.44. The van der Waals surface area contributed by atoms with Gasteiger partial charge in [0.25, 0.3) is 0 Å². The lowest BCUT2D eigenvalue weighted by atomic mass is 9.55. The molecule has 3 atom stereocenters. The van der Waals surface area contributed by atoms with Gasteiger partial charge in [-0.25, -0.2) is 0 Å². The van der Waals surface area contributed by atoms with Gasteiger partial charge >= 0.3 is 0 Å². The van der Waals surface area contributed by atoms with Gasteiger partial charge in [-0.15, -0.1) is 0 Å². The van der Waals surface area contributed by atoms with Crippen molar-refractivity contribution in [3.05, 3.63) is 0 Å². The Bertz CT molecular complexity index is 326. The SMILES string of the molecule is CCOC1CC(NC(=O)C(C)CNC)C12CCCCC2. The fourth-order valence-corrected chi connectivity index (χ4v) is 3.98. The summed E-state index contributed by atoms with van der Waals surface area (Å²) in [6.45, 7) is 5.57. The van der Waals surface area contributed by atoms with Crippen LogP contribution in [0.4, 0.5) is 0 Å². The smallest absolute Gasteiger partial charge is 0.224 e. The van der Waals surface area contributed by atoms with Crippen molar-refractivity contribution in [1.82, 2.24) is 10.6 Å². The monoisotopic (exact) mass is 282 g/mol. The Balaban J connectivity index is 1.95. The molecule has 20 heavy (non-hydrogen) atoms. The van der Waals surface area contributed by atoms with Crippen molar-refractivity contribution in [3.63, 3.8) is 0 Å². The van der Waals surface area contributed by atoms with Crippen molar-refractivity contribution in [3.8, 4) is 0 Å². The molecule has 0 aromatic carbocycles. The Hall–Kier alpha value is -0.610. The molecule has 2 N–H and O–H groups in total. The quantitative estimate of drug-likeness (QED) is 0.784. The third-order valence-electron chi connectivity index (χ3n) is 5.21. The number of hydrogen-bond acceptors (Lipinski definition) is 3. The van der Waals surface area contributed by atoms with Crippen LogP contribution in [0, 0.1) is 11.3 Å². The maximum absolute atomic E-state index is 12.2. The average molecular weight is 282 g/mol. The molecule has 1 spiro atoms. The molecule has 0 aliphatic heterocycles. The molecular formula is C16H30N2O2. The molecule has 2 fully saturated rings. The molecule has 2 saturated carbocycles. The van der Waals surface area contributed by atoms with E-state index >= 15 is 0 Å². The van der Waals surface area contributed by atoms with Gasteiger partial charge < -0.3 is 15.4 Å². The van der Waals surface area contributed by atoms with E-state index in [9.17, 15) is 4.79 Å². The summed E-state index contributed by atoms with van der Waals surface area (Å²) >= 11 is 0. The molecule has 0 bridgehead atoms. The van der Waals surface area contributed by atoms with Crippen LogP contribution < -0.4 is 10.6 Å². The molecule has 4 heteroatoms. The van der Waals surface area contributed by atoms with Crippen LogP contribution in [0.15, 0.2) is 0 Å². The number of rotatable bonds is 6. The van der Waals surface area contributed by atoms with Gasteiger partial charge in [-0.05, 0) is 33.2 Å². The molecule has 0 saturated heterocycles. The highest BCUT2D eigenvalue weighted by atomic mass is 16.5. The van der Waals surface area contributed by atoms with Crippen LogP contribution in [0.5, 0.6) is 0 Å². The van der Waals surface area contributed by atoms with Gasteiger partial charge in [0.1, 0.15) is 0 Å². The van der Waals surface area contributed by atoms with E-state index in [-0.39, 0.29) is 17.2 Å². The fourth-order valence-electron chi connectivity index (χ4n) is 3.98. The first-order valence-electron chi connectivity index (χ1n) is 8.20. The van der Waals surface area contributed by atoms with Crippen LogP contribution in [0.3, 0.4) is 0 Å². The number of hydrogen-bond donors (Lipinski definition) is 2. The number of ether oxygens (including phenoxy) is 1. The van der Waals surface area contributed by atoms with Crippen molar-refractivity contribution in [2.45, 2.75) is 64.5 Å². The number of carbonyl (C=O) groups excluding carboxylic acids is 1. The Morgan fingerprint density at radius 2 is 2.05 bits per heavy atom. The minimum Gasteiger partial charge on any atom is -0.378 e. The molecule has 3 unspecified atom stereocenters. The van der Waals surface area contributed by atoms with Crippen molar-refractivity contribution < 1.29 is 9.53 Å². The lowest BCUT2D eigenvalue weighted by Crippen LogP contribution is -2.66. The van der Waals surface area contributed by atoms with Gasteiger partial charge in [-0.1, -0.05) is 26.2 Å². The summed E-state index contributed by atoms with van der Waals surface area (Å²) in [6, 6.07) is 0.325. The summed E-state index contributed by atoms with van der Waals surface area (Å²) in [6.07, 6.45) is 7.66. The summed E-state index contributed by atoms with van der Waals surface area (Å²) in [5, 5.41) is 6.36. The zero-order valence-corrected chi connectivity index (χ0v) is 13.2. The van der Waals surface area contributed by atoms with Crippen LogP contribution in [0.25, 0.3) is 0 Å². The molecule has 0 radical (unpaired) electrons. The lowest BCUT2D eigenvalue weighted by Gasteiger charge is -2.57. The zero-order chi connectivity index (χ0) is 14.6. The summed E-state index contributed by atoms with van der Waals surface area (Å²) in [7, 11) is 1.89. The van der Waals surface area contributed by atoms with Gasteiger partial charge in [0.15, 0.2) is 0 Å². The molecule has 116 valence electrons. The van der Waals surface area contributed by atoms with Crippen molar-refractivity contribution >= 4 is 5.91 Å². The van der Waals surface area contributed by atoms with E-state index in [1.807, 2.05) is 14.0 Å². The van der Waals surface area contributed by atoms with E-state index in [2.05, 4.69) is 17.6 Å². The summed E-state index contributed by atoms with van der Waals surface area (Å²) in [4.78, 5) is 12.2. The predicted octanol–water partition coefficient (Wildman–Crippen LogP) is 2.09. The maximum atomic E-state index is 12.2. The van der Waals surface area contributed by atoms with Crippen molar-refractivity contribution in [2.24, 2.45) is 11.3 Å². The zero-order valence-electron chi connectivity index (χ0n) is 13.2. The van der Waals surface area contributed by atoms with Gasteiger partial charge in [-0.2, -0.15) is 0 Å². The van der Waals surface area contributed by atoms with E-state index in [0.717, 1.165) is 19.6 Å². The van der Waals surface area contributed by atoms with Crippen LogP contribution in [0.1, 0.15) is 52.4 Å². The van der Waals surface area contributed by atoms with Crippen LogP contribution >= 0.6 is 0 Å². The largest absolute Gasteiger partial charge is 0.378 e. The number of nitrogens with one attached hydrogen (secondary N) is 2. The van der Waals surface area contributed by atoms with E-state index in [1.54, 1.807) is 0 Å². The third-order valence-corrected chi connectivity index (χ3v) is 5.21. The van der Waals surface area contributed by atoms with Gasteiger partial charge in [0.2, 0.25) is 5.91 Å². The van der Waals surface area contributed by atoms with Crippen LogP contribution in [0.2, 0.25) is 0 Å². The highest BCUT2D eigenvalue weighted by molar-refractivity contribution is 5.79. The summed E-state index contributed by atoms with van der Waals surface area (Å²) in [5.74, 6) is 0.219. The second-order valence-corrected chi connectivity index (χ2v) is 6.49. The first kappa shape index (κ1) is 15.8. The molecular weight excluding hydrogens is 252 g/mol. The van der Waals surface area contributed by atoms with Crippen LogP contribution in [-0.4, -0.2) is 38.3 Å². The maximum Gasteiger partial charge on any atom is 0.224 e. The Morgan fingerprint density at radius 1 is 1.35 bits per heavy atom. The molecule has 0 aromatic heterocycles. The molecule has 0 aromatic rings. The normalized spacial score (nSPS) is 29.8. The summed E-state index contributed by atoms with van der Waals surface area (Å²) in [5.41, 5.74) is 0.225. The van der Waals surface area contributed by atoms with E-state index < -0.39 is 0 Å². The second kappa shape index (κ2) is 6.90. The van der Waals surface area contributed by atoms with E-state index in [4.69, 9.17) is 4.74 Å². The van der Waals surface area contributed by atoms with Crippen molar-refractivity contribution in [2.75, 3.05) is 20.2 Å². The van der Waals surface area contributed by atoms with Crippen molar-refractivity contribution in [1.29, 1.82) is 0 Å². The van der Waals surface area contributed by atoms with Gasteiger partial charge in [-0.3, -0.25) is 4.79 Å². The van der Waals surface area contributed by atoms with Gasteiger partial charge in [0.05, 0.1) is 6.10 Å². The standard InChI is InChI=1S/C16H30N2O2/c1-4-20-14-10-13(16(14)8-6-5-7-9-16)18-15(19)12(2)11-17-3/h12-14,17H,4-11H2,1-3H3,(H,18,19). The molecule has 2 aliphatic rings. The Morgan fingerprint density at radius 3 is 2.65 bits per heavy atom. The molecule has 2 rings (SSSR count). The fraction of sp³-hybridized carbons (Fsp3) is 0.938. The van der Waals surface area contributed by atoms with Gasteiger partial charge in [0, 0.05) is 30.5 Å². The topological polar surface area (TPSA) is 50.4 Å². The average Bonchev–Trinajstić information content (AvgIpc) is 2.47. The number of carbonyl (C=O) groups is 1. The lowest BCUT2D eigenvalue weighted by molar-refractivity contribution is -0.158. The Labute approximate surface area is 123 Å². The molecule has 0 heterocycles. The minimum absolute atomic E-state index is 0.0341. The summed E-state index contributed by atoms with van der Waals surface area (Å²) < 4.78 is 5.93. The third kappa shape index (κ3) is 3.01. The van der Waals surface area contributed by atoms with Crippen LogP contribution in [-0.2, 0) is 9.53 Å². The highest BCUT2D eigenvalue weighted by Gasteiger charge is 2.56. The first-order chi connectivity index (χ1) is 9.64. The predicted molar refractivity (Wildman–Crippen MR) is 80.6 cm³/mol.